The van der Waals surface area contributed by atoms with Crippen molar-refractivity contribution in [3.8, 4) is 0 Å². The van der Waals surface area contributed by atoms with Gasteiger partial charge < -0.3 is 20.7 Å². The Hall–Kier alpha value is -1.63. The van der Waals surface area contributed by atoms with E-state index >= 15 is 0 Å². The molecule has 7 heteroatoms. The third-order valence-corrected chi connectivity index (χ3v) is 2.91. The van der Waals surface area contributed by atoms with E-state index in [1.807, 2.05) is 0 Å². The maximum absolute atomic E-state index is 12.3. The molecule has 122 valence electrons. The van der Waals surface area contributed by atoms with Crippen molar-refractivity contribution in [2.45, 2.75) is 53.2 Å². The zero-order chi connectivity index (χ0) is 17.2. The van der Waals surface area contributed by atoms with Gasteiger partial charge in [-0.1, -0.05) is 20.8 Å². The van der Waals surface area contributed by atoms with Crippen molar-refractivity contribution in [1.29, 1.82) is 0 Å². The number of carboxylic acid groups (broad SMARTS) is 2. The molecule has 0 bridgehead atoms. The fraction of sp³-hybridized carbons (Fsp3) is 0.786. The lowest BCUT2D eigenvalue weighted by atomic mass is 9.70. The van der Waals surface area contributed by atoms with Crippen LogP contribution in [0.2, 0.25) is 0 Å². The monoisotopic (exact) mass is 303 g/mol. The molecule has 0 aromatic carbocycles. The number of carboxylic acids is 2. The molecule has 0 aromatic heterocycles. The van der Waals surface area contributed by atoms with Crippen LogP contribution < -0.4 is 5.73 Å². The van der Waals surface area contributed by atoms with Gasteiger partial charge in [0.05, 0.1) is 11.8 Å². The second kappa shape index (κ2) is 6.43. The summed E-state index contributed by atoms with van der Waals surface area (Å²) in [6.45, 7) is 9.66. The van der Waals surface area contributed by atoms with Crippen molar-refractivity contribution in [1.82, 2.24) is 0 Å². The van der Waals surface area contributed by atoms with Gasteiger partial charge in [0.15, 0.2) is 0 Å². The van der Waals surface area contributed by atoms with Gasteiger partial charge in [-0.15, -0.1) is 0 Å². The molecule has 0 amide bonds. The molecule has 3 unspecified atom stereocenters. The summed E-state index contributed by atoms with van der Waals surface area (Å²) in [4.78, 5) is 34.9. The van der Waals surface area contributed by atoms with Gasteiger partial charge in [-0.25, -0.2) is 0 Å². The minimum Gasteiger partial charge on any atom is -0.481 e. The first-order valence-electron chi connectivity index (χ1n) is 6.62. The maximum atomic E-state index is 12.3. The zero-order valence-electron chi connectivity index (χ0n) is 13.3. The molecule has 0 rings (SSSR count). The lowest BCUT2D eigenvalue weighted by Crippen LogP contribution is -2.52. The number of nitrogens with two attached hydrogens (primary N) is 1. The predicted molar refractivity (Wildman–Crippen MR) is 75.5 cm³/mol. The predicted octanol–water partition coefficient (Wildman–Crippen LogP) is 1.10. The highest BCUT2D eigenvalue weighted by Gasteiger charge is 2.48. The molecule has 0 saturated carbocycles. The molecule has 3 atom stereocenters. The van der Waals surface area contributed by atoms with E-state index in [-0.39, 0.29) is 0 Å². The number of aliphatic carboxylic acids is 2. The summed E-state index contributed by atoms with van der Waals surface area (Å²) < 4.78 is 5.15. The van der Waals surface area contributed by atoms with Crippen molar-refractivity contribution in [2.24, 2.45) is 23.0 Å². The minimum absolute atomic E-state index is 0.861. The number of esters is 1. The molecule has 7 nitrogen and oxygen atoms in total. The van der Waals surface area contributed by atoms with Gasteiger partial charge in [-0.3, -0.25) is 14.4 Å². The fourth-order valence-electron chi connectivity index (χ4n) is 2.08. The van der Waals surface area contributed by atoms with E-state index in [2.05, 4.69) is 0 Å². The number of hydrogen-bond donors (Lipinski definition) is 3. The molecule has 0 saturated heterocycles. The van der Waals surface area contributed by atoms with Crippen LogP contribution in [0.25, 0.3) is 0 Å². The molecular weight excluding hydrogens is 278 g/mol. The molecule has 0 radical (unpaired) electrons. The Labute approximate surface area is 124 Å². The van der Waals surface area contributed by atoms with Gasteiger partial charge in [0.1, 0.15) is 11.6 Å². The Kier molecular flexibility index (Phi) is 5.93. The summed E-state index contributed by atoms with van der Waals surface area (Å²) in [5.41, 5.74) is 3.82. The van der Waals surface area contributed by atoms with Gasteiger partial charge in [0, 0.05) is 0 Å². The van der Waals surface area contributed by atoms with Crippen LogP contribution >= 0.6 is 0 Å². The SMILES string of the molecule is CC(C)(C)OC(=O)C(C(N)C(=O)O)C(C(=O)O)C(C)(C)C. The van der Waals surface area contributed by atoms with Crippen LogP contribution in [-0.2, 0) is 19.1 Å². The highest BCUT2D eigenvalue weighted by atomic mass is 16.6. The minimum atomic E-state index is -1.65. The summed E-state index contributed by atoms with van der Waals surface area (Å²) in [7, 11) is 0. The largest absolute Gasteiger partial charge is 0.481 e. The summed E-state index contributed by atoms with van der Waals surface area (Å²) >= 11 is 0. The van der Waals surface area contributed by atoms with Crippen molar-refractivity contribution < 1.29 is 29.3 Å². The molecular formula is C14H25NO6. The number of rotatable bonds is 5. The molecule has 0 aliphatic rings. The average Bonchev–Trinajstić information content (AvgIpc) is 2.19. The Balaban J connectivity index is 5.76. The van der Waals surface area contributed by atoms with Crippen LogP contribution in [0.1, 0.15) is 41.5 Å². The fourth-order valence-corrected chi connectivity index (χ4v) is 2.08. The summed E-state index contributed by atoms with van der Waals surface area (Å²) in [6.07, 6.45) is 0. The molecule has 0 aliphatic carbocycles. The Bertz CT molecular complexity index is 418. The number of carbonyl (C=O) groups excluding carboxylic acids is 1. The molecule has 21 heavy (non-hydrogen) atoms. The highest BCUT2D eigenvalue weighted by Crippen LogP contribution is 2.35. The van der Waals surface area contributed by atoms with E-state index in [9.17, 15) is 19.5 Å². The highest BCUT2D eigenvalue weighted by molar-refractivity contribution is 5.88. The molecule has 0 aromatic rings. The van der Waals surface area contributed by atoms with Crippen LogP contribution in [0.4, 0.5) is 0 Å². The van der Waals surface area contributed by atoms with E-state index in [0.29, 0.717) is 0 Å². The lowest BCUT2D eigenvalue weighted by molar-refractivity contribution is -0.173. The standard InChI is InChI=1S/C14H25NO6/c1-13(2,3)8(10(16)17)7(9(15)11(18)19)12(20)21-14(4,5)6/h7-9H,15H2,1-6H3,(H,16,17)(H,18,19). The number of hydrogen-bond acceptors (Lipinski definition) is 5. The van der Waals surface area contributed by atoms with Gasteiger partial charge in [-0.2, -0.15) is 0 Å². The van der Waals surface area contributed by atoms with Crippen molar-refractivity contribution >= 4 is 17.9 Å². The average molecular weight is 303 g/mol. The van der Waals surface area contributed by atoms with Crippen molar-refractivity contribution in [3.63, 3.8) is 0 Å². The van der Waals surface area contributed by atoms with Gasteiger partial charge in [0.25, 0.3) is 0 Å². The van der Waals surface area contributed by atoms with Gasteiger partial charge in [0.2, 0.25) is 0 Å². The summed E-state index contributed by atoms with van der Waals surface area (Å²) in [5, 5.41) is 18.5. The Morgan fingerprint density at radius 2 is 1.38 bits per heavy atom. The van der Waals surface area contributed by atoms with Crippen molar-refractivity contribution in [3.05, 3.63) is 0 Å². The quantitative estimate of drug-likeness (QED) is 0.649. The third kappa shape index (κ3) is 5.71. The first-order valence-corrected chi connectivity index (χ1v) is 6.62. The zero-order valence-corrected chi connectivity index (χ0v) is 13.3. The van der Waals surface area contributed by atoms with E-state index in [0.717, 1.165) is 0 Å². The summed E-state index contributed by atoms with van der Waals surface area (Å²) in [6, 6.07) is -1.65. The normalized spacial score (nSPS) is 16.7. The second-order valence-corrected chi connectivity index (χ2v) is 7.11. The molecule has 0 spiro atoms. The Morgan fingerprint density at radius 3 is 1.62 bits per heavy atom. The van der Waals surface area contributed by atoms with Crippen LogP contribution in [0, 0.1) is 17.3 Å². The molecule has 4 N–H and O–H groups in total. The topological polar surface area (TPSA) is 127 Å². The smallest absolute Gasteiger partial charge is 0.321 e. The molecule has 0 aliphatic heterocycles. The van der Waals surface area contributed by atoms with Crippen LogP contribution in [0.15, 0.2) is 0 Å². The first-order chi connectivity index (χ1) is 9.18. The van der Waals surface area contributed by atoms with Crippen LogP contribution in [-0.4, -0.2) is 39.8 Å². The lowest BCUT2D eigenvalue weighted by Gasteiger charge is -2.35. The summed E-state index contributed by atoms with van der Waals surface area (Å²) in [5.74, 6) is -6.39. The van der Waals surface area contributed by atoms with Gasteiger partial charge in [-0.05, 0) is 26.2 Å². The second-order valence-electron chi connectivity index (χ2n) is 7.11. The van der Waals surface area contributed by atoms with Crippen LogP contribution in [0.3, 0.4) is 0 Å². The first kappa shape index (κ1) is 19.4. The van der Waals surface area contributed by atoms with Crippen LogP contribution in [0.5, 0.6) is 0 Å². The Morgan fingerprint density at radius 1 is 0.952 bits per heavy atom. The van der Waals surface area contributed by atoms with E-state index in [1.165, 1.54) is 0 Å². The van der Waals surface area contributed by atoms with Crippen molar-refractivity contribution in [2.75, 3.05) is 0 Å². The van der Waals surface area contributed by atoms with E-state index in [1.54, 1.807) is 41.5 Å². The molecule has 0 heterocycles. The van der Waals surface area contributed by atoms with Gasteiger partial charge >= 0.3 is 17.9 Å². The molecule has 0 fully saturated rings. The third-order valence-electron chi connectivity index (χ3n) is 2.91. The van der Waals surface area contributed by atoms with E-state index < -0.39 is 46.8 Å². The number of carbonyl (C=O) groups is 3. The number of ether oxygens (including phenoxy) is 1. The maximum Gasteiger partial charge on any atom is 0.321 e. The van der Waals surface area contributed by atoms with E-state index in [4.69, 9.17) is 15.6 Å².